The summed E-state index contributed by atoms with van der Waals surface area (Å²) < 4.78 is 10.3. The summed E-state index contributed by atoms with van der Waals surface area (Å²) in [5.74, 6) is 0.0529. The topological polar surface area (TPSA) is 84.9 Å². The van der Waals surface area contributed by atoms with E-state index in [9.17, 15) is 10.0 Å². The molecule has 6 heteroatoms. The first-order valence-electron chi connectivity index (χ1n) is 7.58. The fraction of sp³-hybridized carbons (Fsp3) is 0.105. The summed E-state index contributed by atoms with van der Waals surface area (Å²) in [7, 11) is 1.33. The Morgan fingerprint density at radius 2 is 1.84 bits per heavy atom. The van der Waals surface area contributed by atoms with Crippen molar-refractivity contribution in [3.63, 3.8) is 0 Å². The van der Waals surface area contributed by atoms with Gasteiger partial charge in [0, 0.05) is 11.1 Å². The van der Waals surface area contributed by atoms with Crippen molar-refractivity contribution in [3.05, 3.63) is 65.7 Å². The van der Waals surface area contributed by atoms with E-state index in [-0.39, 0.29) is 0 Å². The fourth-order valence-electron chi connectivity index (χ4n) is 2.57. The highest BCUT2D eigenvalue weighted by Gasteiger charge is 2.22. The standard InChI is InChI=1S/C19H16N2O4/c1-12(20-23)16-17(14-9-6-10-15(11-14)19(22)24-2)21-25-18(16)13-7-4-3-5-8-13/h3-11,23H,1-2H3/b20-12+. The van der Waals surface area contributed by atoms with Gasteiger partial charge in [-0.3, -0.25) is 0 Å². The lowest BCUT2D eigenvalue weighted by Crippen LogP contribution is -2.02. The minimum Gasteiger partial charge on any atom is -0.465 e. The molecule has 6 nitrogen and oxygen atoms in total. The monoisotopic (exact) mass is 336 g/mol. The molecule has 0 aliphatic heterocycles. The molecule has 0 atom stereocenters. The van der Waals surface area contributed by atoms with Crippen LogP contribution in [0, 0.1) is 0 Å². The number of benzene rings is 2. The van der Waals surface area contributed by atoms with E-state index in [4.69, 9.17) is 9.26 Å². The fourth-order valence-corrected chi connectivity index (χ4v) is 2.57. The van der Waals surface area contributed by atoms with Crippen LogP contribution in [0.1, 0.15) is 22.8 Å². The van der Waals surface area contributed by atoms with Crippen molar-refractivity contribution in [1.29, 1.82) is 0 Å². The number of ether oxygens (including phenoxy) is 1. The number of esters is 1. The maximum atomic E-state index is 11.8. The largest absolute Gasteiger partial charge is 0.465 e. The van der Waals surface area contributed by atoms with Gasteiger partial charge in [-0.2, -0.15) is 0 Å². The molecule has 0 aliphatic rings. The van der Waals surface area contributed by atoms with E-state index in [1.165, 1.54) is 7.11 Å². The molecule has 0 amide bonds. The van der Waals surface area contributed by atoms with Crippen molar-refractivity contribution in [2.45, 2.75) is 6.92 Å². The number of nitrogens with zero attached hydrogens (tertiary/aromatic N) is 2. The number of hydrogen-bond acceptors (Lipinski definition) is 6. The predicted octanol–water partition coefficient (Wildman–Crippen LogP) is 3.99. The van der Waals surface area contributed by atoms with Crippen molar-refractivity contribution in [2.75, 3.05) is 7.11 Å². The van der Waals surface area contributed by atoms with Crippen LogP contribution >= 0.6 is 0 Å². The molecule has 0 unspecified atom stereocenters. The number of hydrogen-bond donors (Lipinski definition) is 1. The van der Waals surface area contributed by atoms with Gasteiger partial charge in [0.1, 0.15) is 5.69 Å². The summed E-state index contributed by atoms with van der Waals surface area (Å²) in [5, 5.41) is 16.7. The van der Waals surface area contributed by atoms with Gasteiger partial charge in [-0.25, -0.2) is 4.79 Å². The molecule has 25 heavy (non-hydrogen) atoms. The molecule has 0 saturated heterocycles. The zero-order chi connectivity index (χ0) is 17.8. The van der Waals surface area contributed by atoms with Crippen molar-refractivity contribution in [3.8, 4) is 22.6 Å². The number of carbonyl (C=O) groups is 1. The Morgan fingerprint density at radius 3 is 2.52 bits per heavy atom. The van der Waals surface area contributed by atoms with E-state index in [1.807, 2.05) is 30.3 Å². The first kappa shape index (κ1) is 16.4. The SMILES string of the molecule is COC(=O)c1cccc(-c2noc(-c3ccccc3)c2/C(C)=N/O)c1. The van der Waals surface area contributed by atoms with Gasteiger partial charge in [-0.1, -0.05) is 52.8 Å². The van der Waals surface area contributed by atoms with Crippen molar-refractivity contribution < 1.29 is 19.3 Å². The van der Waals surface area contributed by atoms with Crippen LogP contribution in [-0.4, -0.2) is 29.2 Å². The van der Waals surface area contributed by atoms with E-state index < -0.39 is 5.97 Å². The molecule has 3 rings (SSSR count). The Hall–Kier alpha value is -3.41. The number of carbonyl (C=O) groups excluding carboxylic acids is 1. The molecule has 0 saturated carbocycles. The quantitative estimate of drug-likeness (QED) is 0.337. The highest BCUT2D eigenvalue weighted by Crippen LogP contribution is 2.33. The van der Waals surface area contributed by atoms with Crippen LogP contribution < -0.4 is 0 Å². The third-order valence-electron chi connectivity index (χ3n) is 3.80. The van der Waals surface area contributed by atoms with Crippen LogP contribution in [0.4, 0.5) is 0 Å². The number of methoxy groups -OCH3 is 1. The van der Waals surface area contributed by atoms with Crippen molar-refractivity contribution in [2.24, 2.45) is 5.16 Å². The minimum atomic E-state index is -0.442. The van der Waals surface area contributed by atoms with E-state index in [0.717, 1.165) is 5.56 Å². The van der Waals surface area contributed by atoms with Gasteiger partial charge in [0.05, 0.1) is 23.9 Å². The Bertz CT molecular complexity index is 930. The van der Waals surface area contributed by atoms with Gasteiger partial charge < -0.3 is 14.5 Å². The summed E-state index contributed by atoms with van der Waals surface area (Å²) in [5.41, 5.74) is 3.28. The van der Waals surface area contributed by atoms with Crippen LogP contribution in [0.3, 0.4) is 0 Å². The molecule has 0 radical (unpaired) electrons. The van der Waals surface area contributed by atoms with Crippen LogP contribution in [0.15, 0.2) is 64.3 Å². The summed E-state index contributed by atoms with van der Waals surface area (Å²) in [6, 6.07) is 16.3. The second-order valence-electron chi connectivity index (χ2n) is 5.36. The average molecular weight is 336 g/mol. The van der Waals surface area contributed by atoms with Gasteiger partial charge in [-0.15, -0.1) is 0 Å². The van der Waals surface area contributed by atoms with Gasteiger partial charge >= 0.3 is 5.97 Å². The third kappa shape index (κ3) is 3.14. The molecule has 0 fully saturated rings. The van der Waals surface area contributed by atoms with Crippen molar-refractivity contribution in [1.82, 2.24) is 5.16 Å². The van der Waals surface area contributed by atoms with Crippen molar-refractivity contribution >= 4 is 11.7 Å². The summed E-state index contributed by atoms with van der Waals surface area (Å²) in [4.78, 5) is 11.8. The molecular weight excluding hydrogens is 320 g/mol. The van der Waals surface area contributed by atoms with Crippen LogP contribution in [0.5, 0.6) is 0 Å². The third-order valence-corrected chi connectivity index (χ3v) is 3.80. The zero-order valence-corrected chi connectivity index (χ0v) is 13.8. The van der Waals surface area contributed by atoms with Crippen LogP contribution in [-0.2, 0) is 4.74 Å². The maximum Gasteiger partial charge on any atom is 0.337 e. The molecule has 1 aromatic heterocycles. The molecule has 126 valence electrons. The average Bonchev–Trinajstić information content (AvgIpc) is 3.12. The smallest absolute Gasteiger partial charge is 0.337 e. The lowest BCUT2D eigenvalue weighted by Gasteiger charge is -2.05. The van der Waals surface area contributed by atoms with Gasteiger partial charge in [0.25, 0.3) is 0 Å². The molecule has 1 heterocycles. The molecule has 2 aromatic carbocycles. The van der Waals surface area contributed by atoms with E-state index in [2.05, 4.69) is 10.3 Å². The predicted molar refractivity (Wildman–Crippen MR) is 92.7 cm³/mol. The second kappa shape index (κ2) is 7.00. The van der Waals surface area contributed by atoms with Crippen LogP contribution in [0.2, 0.25) is 0 Å². The Labute approximate surface area is 144 Å². The number of aromatic nitrogens is 1. The first-order chi connectivity index (χ1) is 12.2. The highest BCUT2D eigenvalue weighted by molar-refractivity contribution is 6.08. The molecule has 0 spiro atoms. The van der Waals surface area contributed by atoms with E-state index in [1.54, 1.807) is 31.2 Å². The van der Waals surface area contributed by atoms with Gasteiger partial charge in [0.2, 0.25) is 0 Å². The minimum absolute atomic E-state index is 0.360. The van der Waals surface area contributed by atoms with Gasteiger partial charge in [-0.05, 0) is 19.1 Å². The molecule has 3 aromatic rings. The normalized spacial score (nSPS) is 11.4. The molecular formula is C19H16N2O4. The first-order valence-corrected chi connectivity index (χ1v) is 7.58. The zero-order valence-electron chi connectivity index (χ0n) is 13.8. The Morgan fingerprint density at radius 1 is 1.12 bits per heavy atom. The second-order valence-corrected chi connectivity index (χ2v) is 5.36. The number of oxime groups is 1. The Balaban J connectivity index is 2.18. The molecule has 0 bridgehead atoms. The summed E-state index contributed by atoms with van der Waals surface area (Å²) in [6.45, 7) is 1.66. The number of rotatable bonds is 4. The Kier molecular flexibility index (Phi) is 4.61. The summed E-state index contributed by atoms with van der Waals surface area (Å²) >= 11 is 0. The lowest BCUT2D eigenvalue weighted by molar-refractivity contribution is 0.0601. The van der Waals surface area contributed by atoms with Crippen LogP contribution in [0.25, 0.3) is 22.6 Å². The highest BCUT2D eigenvalue weighted by atomic mass is 16.5. The summed E-state index contributed by atoms with van der Waals surface area (Å²) in [6.07, 6.45) is 0. The van der Waals surface area contributed by atoms with E-state index >= 15 is 0 Å². The lowest BCUT2D eigenvalue weighted by atomic mass is 9.98. The maximum absolute atomic E-state index is 11.8. The molecule has 0 aliphatic carbocycles. The molecule has 1 N–H and O–H groups in total. The van der Waals surface area contributed by atoms with Gasteiger partial charge in [0.15, 0.2) is 5.76 Å². The van der Waals surface area contributed by atoms with E-state index in [0.29, 0.717) is 33.9 Å².